The second kappa shape index (κ2) is 9.97. The van der Waals surface area contributed by atoms with Crippen molar-refractivity contribution in [2.24, 2.45) is 0 Å². The second-order valence-corrected chi connectivity index (χ2v) is 6.81. The average Bonchev–Trinajstić information content (AvgIpc) is 2.60. The Labute approximate surface area is 161 Å². The van der Waals surface area contributed by atoms with E-state index in [2.05, 4.69) is 21.2 Å². The van der Waals surface area contributed by atoms with Crippen LogP contribution in [-0.2, 0) is 14.3 Å². The van der Waals surface area contributed by atoms with Gasteiger partial charge >= 0.3 is 5.97 Å². The molecule has 5 nitrogen and oxygen atoms in total. The maximum absolute atomic E-state index is 12.1. The fourth-order valence-corrected chi connectivity index (χ4v) is 2.53. The number of amides is 1. The summed E-state index contributed by atoms with van der Waals surface area (Å²) in [4.78, 5) is 23.9. The summed E-state index contributed by atoms with van der Waals surface area (Å²) in [6.07, 6.45) is -0.150. The molecule has 0 saturated heterocycles. The highest BCUT2D eigenvalue weighted by molar-refractivity contribution is 9.10. The molecule has 0 unspecified atom stereocenters. The van der Waals surface area contributed by atoms with Gasteiger partial charge in [0.15, 0.2) is 6.10 Å². The van der Waals surface area contributed by atoms with Crippen LogP contribution in [0.2, 0.25) is 0 Å². The van der Waals surface area contributed by atoms with Crippen LogP contribution in [0.3, 0.4) is 0 Å². The van der Waals surface area contributed by atoms with Gasteiger partial charge < -0.3 is 14.8 Å². The molecule has 0 bridgehead atoms. The molecule has 0 fully saturated rings. The van der Waals surface area contributed by atoms with Gasteiger partial charge in [-0.3, -0.25) is 9.59 Å². The third kappa shape index (κ3) is 6.88. The zero-order valence-electron chi connectivity index (χ0n) is 14.8. The number of nitrogens with one attached hydrogen (secondary N) is 1. The number of benzene rings is 2. The minimum Gasteiger partial charge on any atom is -0.494 e. The third-order valence-corrected chi connectivity index (χ3v) is 4.08. The first kappa shape index (κ1) is 20.0. The summed E-state index contributed by atoms with van der Waals surface area (Å²) >= 11 is 3.37. The first-order chi connectivity index (χ1) is 12.4. The molecule has 0 radical (unpaired) electrons. The van der Waals surface area contributed by atoms with E-state index in [0.29, 0.717) is 18.7 Å². The summed E-state index contributed by atoms with van der Waals surface area (Å²) in [5.74, 6) is -0.0411. The fraction of sp³-hybridized carbons (Fsp3) is 0.300. The first-order valence-corrected chi connectivity index (χ1v) is 9.19. The number of hydrogen-bond acceptors (Lipinski definition) is 4. The van der Waals surface area contributed by atoms with Crippen LogP contribution in [-0.4, -0.2) is 24.6 Å². The van der Waals surface area contributed by atoms with Gasteiger partial charge in [0.2, 0.25) is 0 Å². The summed E-state index contributed by atoms with van der Waals surface area (Å²) in [7, 11) is 0. The van der Waals surface area contributed by atoms with Crippen LogP contribution in [0, 0.1) is 6.92 Å². The largest absolute Gasteiger partial charge is 0.494 e. The average molecular weight is 420 g/mol. The van der Waals surface area contributed by atoms with Crippen LogP contribution in [0.1, 0.15) is 25.3 Å². The molecule has 0 spiro atoms. The van der Waals surface area contributed by atoms with Gasteiger partial charge in [0.05, 0.1) is 6.61 Å². The number of anilines is 1. The zero-order chi connectivity index (χ0) is 18.9. The minimum absolute atomic E-state index is 0.191. The number of hydrogen-bond donors (Lipinski definition) is 1. The molecular formula is C20H22BrNO4. The Morgan fingerprint density at radius 2 is 1.88 bits per heavy atom. The normalized spacial score (nSPS) is 11.5. The summed E-state index contributed by atoms with van der Waals surface area (Å²) in [5.41, 5.74) is 1.78. The fourth-order valence-electron chi connectivity index (χ4n) is 2.15. The van der Waals surface area contributed by atoms with Crippen molar-refractivity contribution in [2.75, 3.05) is 11.9 Å². The Hall–Kier alpha value is -2.34. The monoisotopic (exact) mass is 419 g/mol. The number of carbonyl (C=O) groups excluding carboxylic acids is 2. The lowest BCUT2D eigenvalue weighted by Crippen LogP contribution is -2.30. The second-order valence-electron chi connectivity index (χ2n) is 5.90. The van der Waals surface area contributed by atoms with E-state index in [4.69, 9.17) is 9.47 Å². The zero-order valence-corrected chi connectivity index (χ0v) is 16.4. The predicted molar refractivity (Wildman–Crippen MR) is 104 cm³/mol. The van der Waals surface area contributed by atoms with Gasteiger partial charge in [-0.15, -0.1) is 0 Å². The quantitative estimate of drug-likeness (QED) is 0.505. The van der Waals surface area contributed by atoms with E-state index in [9.17, 15) is 9.59 Å². The van der Waals surface area contributed by atoms with Crippen molar-refractivity contribution < 1.29 is 19.1 Å². The van der Waals surface area contributed by atoms with Crippen LogP contribution in [0.15, 0.2) is 53.0 Å². The molecule has 2 rings (SSSR count). The first-order valence-electron chi connectivity index (χ1n) is 8.39. The van der Waals surface area contributed by atoms with E-state index >= 15 is 0 Å². The SMILES string of the molecule is Cc1ccc(NC(=O)[C@@H](C)OC(=O)CCCOc2cccc(Br)c2)cc1. The van der Waals surface area contributed by atoms with Gasteiger partial charge in [-0.2, -0.15) is 0 Å². The Morgan fingerprint density at radius 3 is 2.58 bits per heavy atom. The Balaban J connectivity index is 1.67. The van der Waals surface area contributed by atoms with Crippen LogP contribution >= 0.6 is 15.9 Å². The van der Waals surface area contributed by atoms with Crippen molar-refractivity contribution in [3.05, 3.63) is 58.6 Å². The van der Waals surface area contributed by atoms with Gasteiger partial charge in [0.25, 0.3) is 5.91 Å². The van der Waals surface area contributed by atoms with E-state index in [1.54, 1.807) is 19.1 Å². The van der Waals surface area contributed by atoms with Crippen LogP contribution < -0.4 is 10.1 Å². The number of carbonyl (C=O) groups is 2. The van der Waals surface area contributed by atoms with Crippen molar-refractivity contribution >= 4 is 33.5 Å². The predicted octanol–water partition coefficient (Wildman–Crippen LogP) is 4.49. The molecule has 0 saturated carbocycles. The van der Waals surface area contributed by atoms with Gasteiger partial charge in [0, 0.05) is 16.6 Å². The van der Waals surface area contributed by atoms with Crippen molar-refractivity contribution in [1.82, 2.24) is 0 Å². The summed E-state index contributed by atoms with van der Waals surface area (Å²) < 4.78 is 11.7. The van der Waals surface area contributed by atoms with E-state index in [1.165, 1.54) is 0 Å². The summed E-state index contributed by atoms with van der Waals surface area (Å²) in [5, 5.41) is 2.72. The highest BCUT2D eigenvalue weighted by Crippen LogP contribution is 2.18. The molecular weight excluding hydrogens is 398 g/mol. The van der Waals surface area contributed by atoms with Gasteiger partial charge in [-0.1, -0.05) is 39.7 Å². The number of rotatable bonds is 8. The van der Waals surface area contributed by atoms with E-state index < -0.39 is 12.1 Å². The molecule has 0 aliphatic carbocycles. The Morgan fingerprint density at radius 1 is 1.15 bits per heavy atom. The maximum Gasteiger partial charge on any atom is 0.306 e. The molecule has 0 aliphatic heterocycles. The molecule has 1 atom stereocenters. The maximum atomic E-state index is 12.1. The summed E-state index contributed by atoms with van der Waals surface area (Å²) in [6.45, 7) is 3.92. The molecule has 1 amide bonds. The lowest BCUT2D eigenvalue weighted by Gasteiger charge is -2.14. The van der Waals surface area contributed by atoms with Crippen molar-refractivity contribution in [3.63, 3.8) is 0 Å². The van der Waals surface area contributed by atoms with Crippen molar-refractivity contribution in [3.8, 4) is 5.75 Å². The lowest BCUT2D eigenvalue weighted by molar-refractivity contribution is -0.153. The molecule has 0 aliphatic rings. The Kier molecular flexibility index (Phi) is 7.66. The molecule has 138 valence electrons. The molecule has 0 heterocycles. The molecule has 26 heavy (non-hydrogen) atoms. The number of aryl methyl sites for hydroxylation is 1. The lowest BCUT2D eigenvalue weighted by atomic mass is 10.2. The van der Waals surface area contributed by atoms with Crippen molar-refractivity contribution in [1.29, 1.82) is 0 Å². The van der Waals surface area contributed by atoms with Crippen LogP contribution in [0.4, 0.5) is 5.69 Å². The number of halogens is 1. The van der Waals surface area contributed by atoms with Gasteiger partial charge in [-0.05, 0) is 50.6 Å². The highest BCUT2D eigenvalue weighted by atomic mass is 79.9. The number of esters is 1. The standard InChI is InChI=1S/C20H22BrNO4/c1-14-8-10-17(11-9-14)22-20(24)15(2)26-19(23)7-4-12-25-18-6-3-5-16(21)13-18/h3,5-6,8-11,13,15H,4,7,12H2,1-2H3,(H,22,24)/t15-/m1/s1. The van der Waals surface area contributed by atoms with Crippen LogP contribution in [0.25, 0.3) is 0 Å². The van der Waals surface area contributed by atoms with E-state index in [0.717, 1.165) is 15.8 Å². The Bertz CT molecular complexity index is 746. The molecule has 2 aromatic carbocycles. The highest BCUT2D eigenvalue weighted by Gasteiger charge is 2.17. The van der Waals surface area contributed by atoms with Gasteiger partial charge in [-0.25, -0.2) is 0 Å². The van der Waals surface area contributed by atoms with Gasteiger partial charge in [0.1, 0.15) is 5.75 Å². The molecule has 2 aromatic rings. The van der Waals surface area contributed by atoms with Crippen LogP contribution in [0.5, 0.6) is 5.75 Å². The molecule has 6 heteroatoms. The smallest absolute Gasteiger partial charge is 0.306 e. The van der Waals surface area contributed by atoms with Crippen molar-refractivity contribution in [2.45, 2.75) is 32.8 Å². The third-order valence-electron chi connectivity index (χ3n) is 3.59. The number of ether oxygens (including phenoxy) is 2. The van der Waals surface area contributed by atoms with E-state index in [1.807, 2.05) is 43.3 Å². The topological polar surface area (TPSA) is 64.6 Å². The molecule has 1 N–H and O–H groups in total. The summed E-state index contributed by atoms with van der Waals surface area (Å²) in [6, 6.07) is 14.9. The molecule has 0 aromatic heterocycles. The van der Waals surface area contributed by atoms with E-state index in [-0.39, 0.29) is 12.3 Å². The minimum atomic E-state index is -0.852.